The van der Waals surface area contributed by atoms with Crippen molar-refractivity contribution in [3.8, 4) is 11.6 Å². The smallest absolute Gasteiger partial charge is 0.227 e. The van der Waals surface area contributed by atoms with Gasteiger partial charge in [0.2, 0.25) is 11.7 Å². The third kappa shape index (κ3) is 5.30. The van der Waals surface area contributed by atoms with Crippen molar-refractivity contribution in [3.63, 3.8) is 0 Å². The summed E-state index contributed by atoms with van der Waals surface area (Å²) in [5.74, 6) is 2.92. The van der Waals surface area contributed by atoms with Crippen molar-refractivity contribution < 1.29 is 9.21 Å². The molecule has 2 aromatic heterocycles. The number of H-pyrrole nitrogens is 1. The molecule has 3 aromatic rings. The lowest BCUT2D eigenvalue weighted by molar-refractivity contribution is -0.117. The van der Waals surface area contributed by atoms with Crippen LogP contribution < -0.4 is 15.5 Å². The molecule has 0 aliphatic carbocycles. The number of hydrogen-bond donors (Lipinski definition) is 3. The van der Waals surface area contributed by atoms with Gasteiger partial charge >= 0.3 is 0 Å². The van der Waals surface area contributed by atoms with Crippen LogP contribution in [-0.2, 0) is 17.8 Å². The van der Waals surface area contributed by atoms with Gasteiger partial charge in [0, 0.05) is 38.2 Å². The van der Waals surface area contributed by atoms with E-state index in [0.717, 1.165) is 42.5 Å². The maximum atomic E-state index is 11.9. The van der Waals surface area contributed by atoms with Crippen LogP contribution in [0.5, 0.6) is 0 Å². The Balaban J connectivity index is 1.29. The number of amides is 1. The Kier molecular flexibility index (Phi) is 6.61. The lowest BCUT2D eigenvalue weighted by Gasteiger charge is -2.15. The van der Waals surface area contributed by atoms with E-state index >= 15 is 0 Å². The van der Waals surface area contributed by atoms with E-state index < -0.39 is 0 Å². The van der Waals surface area contributed by atoms with Crippen LogP contribution in [0.2, 0.25) is 0 Å². The van der Waals surface area contributed by atoms with Crippen molar-refractivity contribution in [1.82, 2.24) is 25.8 Å². The lowest BCUT2D eigenvalue weighted by Crippen LogP contribution is -2.38. The third-order valence-corrected chi connectivity index (χ3v) is 5.01. The van der Waals surface area contributed by atoms with Gasteiger partial charge in [-0.25, -0.2) is 9.98 Å². The second kappa shape index (κ2) is 9.92. The molecule has 0 unspecified atom stereocenters. The molecule has 4 rings (SSSR count). The molecule has 1 aliphatic rings. The summed E-state index contributed by atoms with van der Waals surface area (Å²) in [6.45, 7) is 4.82. The van der Waals surface area contributed by atoms with Crippen LogP contribution in [0.4, 0.5) is 5.69 Å². The molecule has 162 valence electrons. The second-order valence-electron chi connectivity index (χ2n) is 7.27. The molecule has 1 saturated heterocycles. The Bertz CT molecular complexity index is 1010. The van der Waals surface area contributed by atoms with Gasteiger partial charge in [-0.05, 0) is 43.2 Å². The number of nitrogens with zero attached hydrogens (tertiary/aromatic N) is 4. The fourth-order valence-corrected chi connectivity index (χ4v) is 3.44. The van der Waals surface area contributed by atoms with Crippen molar-refractivity contribution in [2.24, 2.45) is 4.99 Å². The number of aliphatic imine (C=N–C) groups is 1. The Morgan fingerprint density at radius 1 is 1.26 bits per heavy atom. The summed E-state index contributed by atoms with van der Waals surface area (Å²) >= 11 is 0. The van der Waals surface area contributed by atoms with Gasteiger partial charge in [0.05, 0.1) is 12.8 Å². The van der Waals surface area contributed by atoms with Crippen LogP contribution in [0.15, 0.2) is 52.1 Å². The first kappa shape index (κ1) is 20.6. The minimum Gasteiger partial charge on any atom is -0.461 e. The molecule has 0 saturated carbocycles. The fourth-order valence-electron chi connectivity index (χ4n) is 3.44. The van der Waals surface area contributed by atoms with E-state index in [1.54, 1.807) is 6.26 Å². The molecular formula is C22H27N7O2. The molecular weight excluding hydrogens is 394 g/mol. The van der Waals surface area contributed by atoms with E-state index in [9.17, 15) is 4.79 Å². The number of carbonyl (C=O) groups is 1. The zero-order valence-corrected chi connectivity index (χ0v) is 17.6. The van der Waals surface area contributed by atoms with E-state index in [2.05, 4.69) is 30.8 Å². The highest BCUT2D eigenvalue weighted by Crippen LogP contribution is 2.21. The van der Waals surface area contributed by atoms with Crippen LogP contribution in [0, 0.1) is 0 Å². The first-order chi connectivity index (χ1) is 15.2. The fraction of sp³-hybridized carbons (Fsp3) is 0.364. The lowest BCUT2D eigenvalue weighted by atomic mass is 10.2. The molecule has 3 N–H and O–H groups in total. The molecule has 1 fully saturated rings. The van der Waals surface area contributed by atoms with Crippen molar-refractivity contribution in [2.45, 2.75) is 32.7 Å². The minimum absolute atomic E-state index is 0.201. The number of guanidine groups is 1. The normalized spacial score (nSPS) is 14.3. The van der Waals surface area contributed by atoms with Gasteiger partial charge in [0.15, 0.2) is 11.7 Å². The van der Waals surface area contributed by atoms with Gasteiger partial charge in [-0.2, -0.15) is 5.10 Å². The molecule has 3 heterocycles. The van der Waals surface area contributed by atoms with E-state index in [-0.39, 0.29) is 5.91 Å². The Labute approximate surface area is 181 Å². The standard InChI is InChI=1S/C22H27N7O2/c1-2-23-22(24-12-11-19-26-21(28-27-19)18-5-4-14-31-18)25-15-16-7-9-17(10-8-16)29-13-3-6-20(29)30/h4-5,7-10,14H,2-3,6,11-13,15H2,1H3,(H2,23,24,25)(H,26,27,28). The number of anilines is 1. The number of rotatable bonds is 8. The third-order valence-electron chi connectivity index (χ3n) is 5.01. The van der Waals surface area contributed by atoms with Gasteiger partial charge < -0.3 is 20.0 Å². The monoisotopic (exact) mass is 421 g/mol. The number of carbonyl (C=O) groups excluding carboxylic acids is 1. The zero-order valence-electron chi connectivity index (χ0n) is 17.6. The Morgan fingerprint density at radius 3 is 2.84 bits per heavy atom. The summed E-state index contributed by atoms with van der Waals surface area (Å²) in [4.78, 5) is 22.8. The average Bonchev–Trinajstić information content (AvgIpc) is 3.54. The van der Waals surface area contributed by atoms with Crippen molar-refractivity contribution in [3.05, 3.63) is 54.0 Å². The Hall–Kier alpha value is -3.62. The van der Waals surface area contributed by atoms with Crippen LogP contribution >= 0.6 is 0 Å². The highest BCUT2D eigenvalue weighted by Gasteiger charge is 2.21. The quantitative estimate of drug-likeness (QED) is 0.381. The number of furan rings is 1. The number of aromatic nitrogens is 3. The predicted octanol–water partition coefficient (Wildman–Crippen LogP) is 2.49. The number of nitrogens with one attached hydrogen (secondary N) is 3. The van der Waals surface area contributed by atoms with Crippen LogP contribution in [0.1, 0.15) is 31.2 Å². The zero-order chi connectivity index (χ0) is 21.5. The predicted molar refractivity (Wildman–Crippen MR) is 119 cm³/mol. The summed E-state index contributed by atoms with van der Waals surface area (Å²) < 4.78 is 5.31. The van der Waals surface area contributed by atoms with Gasteiger partial charge in [-0.15, -0.1) is 0 Å². The molecule has 1 aromatic carbocycles. The highest BCUT2D eigenvalue weighted by atomic mass is 16.3. The van der Waals surface area contributed by atoms with Crippen molar-refractivity contribution >= 4 is 17.6 Å². The van der Waals surface area contributed by atoms with Gasteiger partial charge in [-0.1, -0.05) is 12.1 Å². The first-order valence-electron chi connectivity index (χ1n) is 10.6. The molecule has 0 radical (unpaired) electrons. The number of hydrogen-bond acceptors (Lipinski definition) is 5. The number of aromatic amines is 1. The molecule has 31 heavy (non-hydrogen) atoms. The number of benzene rings is 1. The summed E-state index contributed by atoms with van der Waals surface area (Å²) in [5, 5.41) is 13.7. The molecule has 9 heteroatoms. The van der Waals surface area contributed by atoms with Crippen molar-refractivity contribution in [1.29, 1.82) is 0 Å². The maximum Gasteiger partial charge on any atom is 0.227 e. The molecule has 0 atom stereocenters. The van der Waals surface area contributed by atoms with Gasteiger partial charge in [0.1, 0.15) is 5.82 Å². The van der Waals surface area contributed by atoms with Gasteiger partial charge in [-0.3, -0.25) is 9.89 Å². The van der Waals surface area contributed by atoms with E-state index in [1.807, 2.05) is 48.2 Å². The molecule has 0 bridgehead atoms. The van der Waals surface area contributed by atoms with Crippen LogP contribution in [-0.4, -0.2) is 46.7 Å². The molecule has 9 nitrogen and oxygen atoms in total. The minimum atomic E-state index is 0.201. The largest absolute Gasteiger partial charge is 0.461 e. The van der Waals surface area contributed by atoms with E-state index in [4.69, 9.17) is 4.42 Å². The first-order valence-corrected chi connectivity index (χ1v) is 10.6. The van der Waals surface area contributed by atoms with Crippen molar-refractivity contribution in [2.75, 3.05) is 24.5 Å². The highest BCUT2D eigenvalue weighted by molar-refractivity contribution is 5.95. The SMILES string of the molecule is CCNC(=NCc1ccc(N2CCCC2=O)cc1)NCCc1nc(-c2ccco2)n[nH]1. The second-order valence-corrected chi connectivity index (χ2v) is 7.27. The summed E-state index contributed by atoms with van der Waals surface area (Å²) in [6, 6.07) is 11.7. The van der Waals surface area contributed by atoms with Crippen LogP contribution in [0.3, 0.4) is 0 Å². The summed E-state index contributed by atoms with van der Waals surface area (Å²) in [6.07, 6.45) is 3.85. The van der Waals surface area contributed by atoms with E-state index in [1.165, 1.54) is 0 Å². The summed E-state index contributed by atoms with van der Waals surface area (Å²) in [7, 11) is 0. The molecule has 0 spiro atoms. The average molecular weight is 422 g/mol. The molecule has 1 amide bonds. The van der Waals surface area contributed by atoms with Crippen LogP contribution in [0.25, 0.3) is 11.6 Å². The summed E-state index contributed by atoms with van der Waals surface area (Å²) in [5.41, 5.74) is 2.05. The van der Waals surface area contributed by atoms with E-state index in [0.29, 0.717) is 37.5 Å². The maximum absolute atomic E-state index is 11.9. The topological polar surface area (TPSA) is 111 Å². The Morgan fingerprint density at radius 2 is 2.13 bits per heavy atom. The van der Waals surface area contributed by atoms with Gasteiger partial charge in [0.25, 0.3) is 0 Å². The molecule has 1 aliphatic heterocycles.